The van der Waals surface area contributed by atoms with E-state index < -0.39 is 0 Å². The number of likely N-dealkylation sites (tertiary alicyclic amines) is 2. The van der Waals surface area contributed by atoms with Crippen LogP contribution in [-0.4, -0.2) is 53.6 Å². The van der Waals surface area contributed by atoms with Crippen molar-refractivity contribution in [3.05, 3.63) is 0 Å². The summed E-state index contributed by atoms with van der Waals surface area (Å²) >= 11 is 0. The zero-order chi connectivity index (χ0) is 14.2. The number of fused-ring (bicyclic) bond motifs is 1. The third kappa shape index (κ3) is 2.53. The lowest BCUT2D eigenvalue weighted by Gasteiger charge is -2.54. The van der Waals surface area contributed by atoms with Gasteiger partial charge < -0.3 is 10.6 Å². The van der Waals surface area contributed by atoms with Crippen LogP contribution in [0.2, 0.25) is 0 Å². The molecule has 2 atom stereocenters. The molecule has 3 heteroatoms. The van der Waals surface area contributed by atoms with E-state index in [0.717, 1.165) is 18.5 Å². The summed E-state index contributed by atoms with van der Waals surface area (Å²) in [5.41, 5.74) is 6.63. The average molecular weight is 279 g/mol. The molecule has 3 aliphatic rings. The van der Waals surface area contributed by atoms with E-state index in [1.54, 1.807) is 0 Å². The lowest BCUT2D eigenvalue weighted by atomic mass is 9.80. The van der Waals surface area contributed by atoms with Crippen molar-refractivity contribution in [1.82, 2.24) is 9.80 Å². The molecule has 3 fully saturated rings. The van der Waals surface area contributed by atoms with Gasteiger partial charge in [0.1, 0.15) is 0 Å². The van der Waals surface area contributed by atoms with E-state index in [1.165, 1.54) is 64.6 Å². The van der Waals surface area contributed by atoms with Gasteiger partial charge in [0.2, 0.25) is 0 Å². The van der Waals surface area contributed by atoms with Crippen LogP contribution in [-0.2, 0) is 0 Å². The molecule has 2 saturated heterocycles. The monoisotopic (exact) mass is 279 g/mol. The normalized spacial score (nSPS) is 35.4. The van der Waals surface area contributed by atoms with Gasteiger partial charge in [0, 0.05) is 37.3 Å². The van der Waals surface area contributed by atoms with Gasteiger partial charge in [-0.25, -0.2) is 0 Å². The van der Waals surface area contributed by atoms with Crippen LogP contribution in [0.15, 0.2) is 0 Å². The fourth-order valence-corrected chi connectivity index (χ4v) is 5.11. The Morgan fingerprint density at radius 1 is 1.05 bits per heavy atom. The van der Waals surface area contributed by atoms with Crippen LogP contribution in [0.4, 0.5) is 0 Å². The van der Waals surface area contributed by atoms with Gasteiger partial charge in [-0.15, -0.1) is 0 Å². The first-order chi connectivity index (χ1) is 9.66. The predicted octanol–water partition coefficient (Wildman–Crippen LogP) is 2.45. The summed E-state index contributed by atoms with van der Waals surface area (Å²) < 4.78 is 0. The highest BCUT2D eigenvalue weighted by atomic mass is 15.3. The number of nitrogens with zero attached hydrogens (tertiary/aromatic N) is 2. The summed E-state index contributed by atoms with van der Waals surface area (Å²) in [4.78, 5) is 5.51. The minimum absolute atomic E-state index is 0.319. The summed E-state index contributed by atoms with van der Waals surface area (Å²) in [7, 11) is 0. The van der Waals surface area contributed by atoms with Crippen LogP contribution in [0.25, 0.3) is 0 Å². The van der Waals surface area contributed by atoms with Crippen LogP contribution in [0, 0.1) is 5.92 Å². The Kier molecular flexibility index (Phi) is 4.40. The van der Waals surface area contributed by atoms with Crippen molar-refractivity contribution in [3.63, 3.8) is 0 Å². The first kappa shape index (κ1) is 14.8. The number of hydrogen-bond donors (Lipinski definition) is 1. The fraction of sp³-hybridized carbons (Fsp3) is 1.00. The molecule has 2 N–H and O–H groups in total. The van der Waals surface area contributed by atoms with Crippen molar-refractivity contribution < 1.29 is 0 Å². The second kappa shape index (κ2) is 5.94. The summed E-state index contributed by atoms with van der Waals surface area (Å²) in [6.45, 7) is 9.29. The Morgan fingerprint density at radius 3 is 2.40 bits per heavy atom. The lowest BCUT2D eigenvalue weighted by molar-refractivity contribution is -0.0375. The molecule has 0 amide bonds. The summed E-state index contributed by atoms with van der Waals surface area (Å²) in [5.74, 6) is 0.982. The molecule has 0 spiro atoms. The van der Waals surface area contributed by atoms with E-state index in [9.17, 15) is 0 Å². The molecule has 3 nitrogen and oxygen atoms in total. The SMILES string of the molecule is CC(C)N1CCC(CN)(N2CCCC3CCCC32)CC1. The van der Waals surface area contributed by atoms with Crippen molar-refractivity contribution in [1.29, 1.82) is 0 Å². The van der Waals surface area contributed by atoms with Crippen molar-refractivity contribution >= 4 is 0 Å². The maximum atomic E-state index is 6.31. The molecule has 0 aromatic heterocycles. The average Bonchev–Trinajstić information content (AvgIpc) is 2.95. The molecule has 2 heterocycles. The van der Waals surface area contributed by atoms with Gasteiger partial charge in [-0.2, -0.15) is 0 Å². The molecule has 2 unspecified atom stereocenters. The van der Waals surface area contributed by atoms with Gasteiger partial charge in [-0.3, -0.25) is 4.90 Å². The zero-order valence-electron chi connectivity index (χ0n) is 13.5. The first-order valence-electron chi connectivity index (χ1n) is 8.87. The van der Waals surface area contributed by atoms with Gasteiger partial charge in [0.25, 0.3) is 0 Å². The molecule has 0 radical (unpaired) electrons. The fourth-order valence-electron chi connectivity index (χ4n) is 5.11. The minimum atomic E-state index is 0.319. The van der Waals surface area contributed by atoms with Gasteiger partial charge in [-0.05, 0) is 64.8 Å². The van der Waals surface area contributed by atoms with E-state index in [4.69, 9.17) is 5.73 Å². The third-order valence-electron chi connectivity index (χ3n) is 6.44. The van der Waals surface area contributed by atoms with Gasteiger partial charge in [0.05, 0.1) is 0 Å². The predicted molar refractivity (Wildman–Crippen MR) is 84.8 cm³/mol. The maximum Gasteiger partial charge on any atom is 0.0359 e. The Hall–Kier alpha value is -0.120. The van der Waals surface area contributed by atoms with Crippen molar-refractivity contribution in [2.75, 3.05) is 26.2 Å². The Labute approximate surface area is 124 Å². The third-order valence-corrected chi connectivity index (χ3v) is 6.44. The molecule has 20 heavy (non-hydrogen) atoms. The second-order valence-electron chi connectivity index (χ2n) is 7.65. The maximum absolute atomic E-state index is 6.31. The molecule has 0 aromatic rings. The quantitative estimate of drug-likeness (QED) is 0.861. The molecule has 1 aliphatic carbocycles. The molecule has 2 aliphatic heterocycles. The van der Waals surface area contributed by atoms with Gasteiger partial charge >= 0.3 is 0 Å². The number of hydrogen-bond acceptors (Lipinski definition) is 3. The Balaban J connectivity index is 1.72. The topological polar surface area (TPSA) is 32.5 Å². The zero-order valence-corrected chi connectivity index (χ0v) is 13.5. The smallest absolute Gasteiger partial charge is 0.0359 e. The molecule has 0 aromatic carbocycles. The van der Waals surface area contributed by atoms with Crippen LogP contribution in [0.3, 0.4) is 0 Å². The van der Waals surface area contributed by atoms with E-state index in [1.807, 2.05) is 0 Å². The van der Waals surface area contributed by atoms with Crippen molar-refractivity contribution in [2.24, 2.45) is 11.7 Å². The van der Waals surface area contributed by atoms with Gasteiger partial charge in [-0.1, -0.05) is 6.42 Å². The number of piperidine rings is 2. The molecular formula is C17H33N3. The molecule has 1 saturated carbocycles. The number of rotatable bonds is 3. The lowest BCUT2D eigenvalue weighted by Crippen LogP contribution is -2.64. The molecular weight excluding hydrogens is 246 g/mol. The van der Waals surface area contributed by atoms with E-state index >= 15 is 0 Å². The molecule has 116 valence electrons. The van der Waals surface area contributed by atoms with Crippen molar-refractivity contribution in [3.8, 4) is 0 Å². The first-order valence-corrected chi connectivity index (χ1v) is 8.87. The van der Waals surface area contributed by atoms with Crippen LogP contribution in [0.1, 0.15) is 58.8 Å². The highest BCUT2D eigenvalue weighted by Gasteiger charge is 2.46. The highest BCUT2D eigenvalue weighted by molar-refractivity contribution is 5.03. The van der Waals surface area contributed by atoms with E-state index in [2.05, 4.69) is 23.6 Å². The van der Waals surface area contributed by atoms with Gasteiger partial charge in [0.15, 0.2) is 0 Å². The number of nitrogens with two attached hydrogens (primary N) is 1. The highest BCUT2D eigenvalue weighted by Crippen LogP contribution is 2.42. The van der Waals surface area contributed by atoms with E-state index in [0.29, 0.717) is 11.6 Å². The summed E-state index contributed by atoms with van der Waals surface area (Å²) in [6.07, 6.45) is 9.79. The van der Waals surface area contributed by atoms with E-state index in [-0.39, 0.29) is 0 Å². The van der Waals surface area contributed by atoms with Crippen molar-refractivity contribution in [2.45, 2.75) is 76.4 Å². The minimum Gasteiger partial charge on any atom is -0.329 e. The van der Waals surface area contributed by atoms with Crippen LogP contribution >= 0.6 is 0 Å². The standard InChI is InChI=1S/C17H33N3/c1-14(2)19-11-8-17(13-18,9-12-19)20-10-4-6-15-5-3-7-16(15)20/h14-16H,3-13,18H2,1-2H3. The van der Waals surface area contributed by atoms with Crippen LogP contribution < -0.4 is 5.73 Å². The summed E-state index contributed by atoms with van der Waals surface area (Å²) in [6, 6.07) is 1.55. The molecule has 0 bridgehead atoms. The Bertz CT molecular complexity index is 320. The largest absolute Gasteiger partial charge is 0.329 e. The van der Waals surface area contributed by atoms with Crippen LogP contribution in [0.5, 0.6) is 0 Å². The second-order valence-corrected chi connectivity index (χ2v) is 7.65. The Morgan fingerprint density at radius 2 is 1.75 bits per heavy atom. The summed E-state index contributed by atoms with van der Waals surface area (Å²) in [5, 5.41) is 0. The molecule has 3 rings (SSSR count).